The molecule has 1 aromatic carbocycles. The number of ether oxygens (including phenoxy) is 1. The van der Waals surface area contributed by atoms with Crippen LogP contribution in [0.1, 0.15) is 32.3 Å². The van der Waals surface area contributed by atoms with Crippen molar-refractivity contribution >= 4 is 17.6 Å². The molecular weight excluding hydrogens is 340 g/mol. The summed E-state index contributed by atoms with van der Waals surface area (Å²) >= 11 is 0. The molecule has 0 spiro atoms. The first-order valence-electron chi connectivity index (χ1n) is 10.0. The van der Waals surface area contributed by atoms with Gasteiger partial charge in [0.15, 0.2) is 5.96 Å². The molecule has 6 nitrogen and oxygen atoms in total. The Kier molecular flexibility index (Phi) is 8.43. The van der Waals surface area contributed by atoms with Crippen molar-refractivity contribution in [2.45, 2.75) is 33.6 Å². The predicted octanol–water partition coefficient (Wildman–Crippen LogP) is 2.67. The van der Waals surface area contributed by atoms with Crippen molar-refractivity contribution in [1.29, 1.82) is 0 Å². The monoisotopic (exact) mass is 374 g/mol. The largest absolute Gasteiger partial charge is 0.469 e. The Hall–Kier alpha value is -2.24. The number of guanidine groups is 1. The van der Waals surface area contributed by atoms with Crippen molar-refractivity contribution in [3.8, 4) is 0 Å². The normalized spacial score (nSPS) is 15.6. The number of anilines is 1. The maximum absolute atomic E-state index is 11.7. The quantitative estimate of drug-likeness (QED) is 0.452. The van der Waals surface area contributed by atoms with Gasteiger partial charge in [-0.1, -0.05) is 12.1 Å². The van der Waals surface area contributed by atoms with Crippen LogP contribution in [-0.2, 0) is 9.53 Å². The number of hydrogen-bond donors (Lipinski definition) is 1. The topological polar surface area (TPSA) is 57.2 Å². The van der Waals surface area contributed by atoms with E-state index in [1.165, 1.54) is 18.4 Å². The summed E-state index contributed by atoms with van der Waals surface area (Å²) < 4.78 is 4.88. The average molecular weight is 375 g/mol. The molecule has 0 saturated carbocycles. The van der Waals surface area contributed by atoms with Crippen LogP contribution < -0.4 is 10.2 Å². The number of carbonyl (C=O) groups is 1. The van der Waals surface area contributed by atoms with Crippen molar-refractivity contribution in [3.05, 3.63) is 29.8 Å². The van der Waals surface area contributed by atoms with Crippen molar-refractivity contribution in [3.63, 3.8) is 0 Å². The number of hydrogen-bond acceptors (Lipinski definition) is 4. The molecule has 0 aliphatic carbocycles. The summed E-state index contributed by atoms with van der Waals surface area (Å²) in [4.78, 5) is 21.2. The summed E-state index contributed by atoms with van der Waals surface area (Å²) in [6.07, 6.45) is 1.64. The standard InChI is InChI=1S/C21H34N4O2/c1-5-22-21(25-13-10-18(11-14-25)20(26)27-4)23-12-15-24(6-2)19-9-7-8-17(3)16-19/h7-9,16,18H,5-6,10-15H2,1-4H3,(H,22,23). The van der Waals surface area contributed by atoms with Crippen LogP contribution in [0, 0.1) is 12.8 Å². The number of likely N-dealkylation sites (tertiary alicyclic amines) is 1. The minimum atomic E-state index is -0.0895. The zero-order valence-corrected chi connectivity index (χ0v) is 17.2. The Balaban J connectivity index is 1.94. The van der Waals surface area contributed by atoms with Crippen LogP contribution in [0.5, 0.6) is 0 Å². The van der Waals surface area contributed by atoms with Crippen LogP contribution in [-0.4, -0.2) is 63.2 Å². The number of carbonyl (C=O) groups excluding carboxylic acids is 1. The predicted molar refractivity (Wildman–Crippen MR) is 111 cm³/mol. The van der Waals surface area contributed by atoms with Gasteiger partial charge in [-0.25, -0.2) is 0 Å². The van der Waals surface area contributed by atoms with Crippen molar-refractivity contribution < 1.29 is 9.53 Å². The van der Waals surface area contributed by atoms with E-state index in [1.807, 2.05) is 0 Å². The van der Waals surface area contributed by atoms with Gasteiger partial charge in [-0.3, -0.25) is 9.79 Å². The molecular formula is C21H34N4O2. The van der Waals surface area contributed by atoms with Gasteiger partial charge >= 0.3 is 5.97 Å². The summed E-state index contributed by atoms with van der Waals surface area (Å²) in [5.41, 5.74) is 2.52. The molecule has 1 aromatic rings. The molecule has 2 rings (SSSR count). The molecule has 1 aliphatic rings. The van der Waals surface area contributed by atoms with Gasteiger partial charge in [-0.05, 0) is 51.3 Å². The second-order valence-electron chi connectivity index (χ2n) is 6.94. The molecule has 1 fully saturated rings. The average Bonchev–Trinajstić information content (AvgIpc) is 2.70. The lowest BCUT2D eigenvalue weighted by atomic mass is 9.97. The number of nitrogens with zero attached hydrogens (tertiary/aromatic N) is 3. The van der Waals surface area contributed by atoms with Crippen LogP contribution in [0.15, 0.2) is 29.3 Å². The SMILES string of the molecule is CCNC(=NCCN(CC)c1cccc(C)c1)N1CCC(C(=O)OC)CC1. The van der Waals surface area contributed by atoms with E-state index in [9.17, 15) is 4.79 Å². The first-order chi connectivity index (χ1) is 13.1. The number of likely N-dealkylation sites (N-methyl/N-ethyl adjacent to an activating group) is 1. The summed E-state index contributed by atoms with van der Waals surface area (Å²) in [7, 11) is 1.47. The van der Waals surface area contributed by atoms with Crippen LogP contribution in [0.2, 0.25) is 0 Å². The fourth-order valence-corrected chi connectivity index (χ4v) is 3.49. The van der Waals surface area contributed by atoms with Crippen LogP contribution in [0.3, 0.4) is 0 Å². The van der Waals surface area contributed by atoms with E-state index in [0.717, 1.165) is 58.1 Å². The Morgan fingerprint density at radius 1 is 1.33 bits per heavy atom. The summed E-state index contributed by atoms with van der Waals surface area (Å²) in [6, 6.07) is 8.60. The zero-order chi connectivity index (χ0) is 19.6. The number of aryl methyl sites for hydroxylation is 1. The molecule has 1 N–H and O–H groups in total. The molecule has 0 bridgehead atoms. The van der Waals surface area contributed by atoms with E-state index in [2.05, 4.69) is 60.2 Å². The van der Waals surface area contributed by atoms with Crippen LogP contribution in [0.25, 0.3) is 0 Å². The second kappa shape index (κ2) is 10.8. The molecule has 0 amide bonds. The number of rotatable bonds is 7. The molecule has 1 heterocycles. The second-order valence-corrected chi connectivity index (χ2v) is 6.94. The first kappa shape index (κ1) is 21.1. The van der Waals surface area contributed by atoms with Gasteiger partial charge in [-0.2, -0.15) is 0 Å². The van der Waals surface area contributed by atoms with Gasteiger partial charge in [0.25, 0.3) is 0 Å². The van der Waals surface area contributed by atoms with Gasteiger partial charge in [-0.15, -0.1) is 0 Å². The van der Waals surface area contributed by atoms with Gasteiger partial charge in [0.05, 0.1) is 19.6 Å². The Bertz CT molecular complexity index is 624. The van der Waals surface area contributed by atoms with Crippen LogP contribution >= 0.6 is 0 Å². The van der Waals surface area contributed by atoms with Gasteiger partial charge in [0.1, 0.15) is 0 Å². The third-order valence-electron chi connectivity index (χ3n) is 5.04. The van der Waals surface area contributed by atoms with E-state index in [1.54, 1.807) is 0 Å². The maximum Gasteiger partial charge on any atom is 0.308 e. The van der Waals surface area contributed by atoms with E-state index >= 15 is 0 Å². The van der Waals surface area contributed by atoms with E-state index in [4.69, 9.17) is 9.73 Å². The Morgan fingerprint density at radius 3 is 2.67 bits per heavy atom. The number of piperidine rings is 1. The van der Waals surface area contributed by atoms with Crippen molar-refractivity contribution in [2.75, 3.05) is 51.3 Å². The minimum Gasteiger partial charge on any atom is -0.469 e. The summed E-state index contributed by atoms with van der Waals surface area (Å²) in [6.45, 7) is 11.5. The van der Waals surface area contributed by atoms with Crippen molar-refractivity contribution in [1.82, 2.24) is 10.2 Å². The van der Waals surface area contributed by atoms with Crippen LogP contribution in [0.4, 0.5) is 5.69 Å². The molecule has 0 aromatic heterocycles. The minimum absolute atomic E-state index is 0.0195. The molecule has 1 aliphatic heterocycles. The van der Waals surface area contributed by atoms with Gasteiger partial charge in [0, 0.05) is 38.4 Å². The van der Waals surface area contributed by atoms with Gasteiger partial charge in [0.2, 0.25) is 0 Å². The van der Waals surface area contributed by atoms with Crippen molar-refractivity contribution in [2.24, 2.45) is 10.9 Å². The van der Waals surface area contributed by atoms with E-state index < -0.39 is 0 Å². The fourth-order valence-electron chi connectivity index (χ4n) is 3.49. The number of nitrogens with one attached hydrogen (secondary N) is 1. The highest BCUT2D eigenvalue weighted by Crippen LogP contribution is 2.19. The molecule has 0 radical (unpaired) electrons. The Morgan fingerprint density at radius 2 is 2.07 bits per heavy atom. The highest BCUT2D eigenvalue weighted by atomic mass is 16.5. The van der Waals surface area contributed by atoms with Gasteiger partial charge < -0.3 is 19.9 Å². The Labute approximate surface area is 163 Å². The number of esters is 1. The highest BCUT2D eigenvalue weighted by Gasteiger charge is 2.26. The summed E-state index contributed by atoms with van der Waals surface area (Å²) in [5.74, 6) is 0.875. The fraction of sp³-hybridized carbons (Fsp3) is 0.619. The molecule has 27 heavy (non-hydrogen) atoms. The lowest BCUT2D eigenvalue weighted by Gasteiger charge is -2.33. The molecule has 6 heteroatoms. The maximum atomic E-state index is 11.7. The molecule has 0 atom stereocenters. The number of methoxy groups -OCH3 is 1. The first-order valence-corrected chi connectivity index (χ1v) is 10.0. The molecule has 0 unspecified atom stereocenters. The van der Waals surface area contributed by atoms with E-state index in [0.29, 0.717) is 0 Å². The molecule has 150 valence electrons. The third kappa shape index (κ3) is 6.15. The lowest BCUT2D eigenvalue weighted by Crippen LogP contribution is -2.47. The smallest absolute Gasteiger partial charge is 0.308 e. The number of benzene rings is 1. The third-order valence-corrected chi connectivity index (χ3v) is 5.04. The summed E-state index contributed by atoms with van der Waals surface area (Å²) in [5, 5.41) is 3.39. The number of aliphatic imine (C=N–C) groups is 1. The zero-order valence-electron chi connectivity index (χ0n) is 17.2. The molecule has 1 saturated heterocycles. The highest BCUT2D eigenvalue weighted by molar-refractivity contribution is 5.80. The lowest BCUT2D eigenvalue weighted by molar-refractivity contribution is -0.146. The van der Waals surface area contributed by atoms with E-state index in [-0.39, 0.29) is 11.9 Å².